The average molecular weight is 384 g/mol. The van der Waals surface area contributed by atoms with Crippen molar-refractivity contribution in [3.05, 3.63) is 41.2 Å². The van der Waals surface area contributed by atoms with Gasteiger partial charge in [0.2, 0.25) is 18.5 Å². The molecule has 2 aromatic rings. The summed E-state index contributed by atoms with van der Waals surface area (Å²) in [5.74, 6) is 1.32. The second-order valence-corrected chi connectivity index (χ2v) is 7.68. The molecule has 7 nitrogen and oxygen atoms in total. The zero-order valence-electron chi connectivity index (χ0n) is 16.3. The van der Waals surface area contributed by atoms with Crippen molar-refractivity contribution in [2.24, 2.45) is 11.7 Å². The molecule has 1 amide bonds. The lowest BCUT2D eigenvalue weighted by molar-refractivity contribution is -0.897. The molecular formula is C21H26N3O4+. The van der Waals surface area contributed by atoms with Crippen LogP contribution in [0.1, 0.15) is 34.6 Å². The van der Waals surface area contributed by atoms with E-state index in [2.05, 4.69) is 4.57 Å². The maximum Gasteiger partial charge on any atom is 0.231 e. The van der Waals surface area contributed by atoms with Gasteiger partial charge in [0.15, 0.2) is 11.5 Å². The van der Waals surface area contributed by atoms with E-state index in [1.54, 1.807) is 0 Å². The third kappa shape index (κ3) is 3.38. The summed E-state index contributed by atoms with van der Waals surface area (Å²) in [7, 11) is 0. The molecule has 3 heterocycles. The van der Waals surface area contributed by atoms with Crippen LogP contribution in [-0.4, -0.2) is 42.7 Å². The number of ether oxygens (including phenoxy) is 2. The Morgan fingerprint density at radius 1 is 1.14 bits per heavy atom. The van der Waals surface area contributed by atoms with Crippen molar-refractivity contribution in [3.63, 3.8) is 0 Å². The Kier molecular flexibility index (Phi) is 4.85. The molecule has 4 rings (SSSR count). The molecule has 1 fully saturated rings. The van der Waals surface area contributed by atoms with Gasteiger partial charge in [0.05, 0.1) is 13.1 Å². The normalized spacial score (nSPS) is 20.9. The summed E-state index contributed by atoms with van der Waals surface area (Å²) in [6.45, 7) is 6.26. The van der Waals surface area contributed by atoms with Gasteiger partial charge in [-0.2, -0.15) is 0 Å². The number of hydrogen-bond acceptors (Lipinski definition) is 4. The molecule has 1 aromatic heterocycles. The number of likely N-dealkylation sites (tertiary alicyclic amines) is 1. The number of nitrogens with zero attached hydrogens (tertiary/aromatic N) is 1. The second kappa shape index (κ2) is 7.31. The fraction of sp³-hybridized carbons (Fsp3) is 0.429. The van der Waals surface area contributed by atoms with E-state index in [4.69, 9.17) is 15.2 Å². The summed E-state index contributed by atoms with van der Waals surface area (Å²) in [5.41, 5.74) is 9.03. The van der Waals surface area contributed by atoms with E-state index in [9.17, 15) is 9.59 Å². The number of carbonyl (C=O) groups excluding carboxylic acids is 2. The van der Waals surface area contributed by atoms with Crippen LogP contribution in [-0.2, 0) is 4.79 Å². The number of fused-ring (bicyclic) bond motifs is 1. The molecule has 0 spiro atoms. The molecule has 0 radical (unpaired) electrons. The van der Waals surface area contributed by atoms with Crippen LogP contribution in [0.25, 0.3) is 5.69 Å². The highest BCUT2D eigenvalue weighted by molar-refractivity contribution is 5.98. The van der Waals surface area contributed by atoms with Gasteiger partial charge in [0, 0.05) is 47.5 Å². The Labute approximate surface area is 164 Å². The molecule has 28 heavy (non-hydrogen) atoms. The number of hydrogen-bond donors (Lipinski definition) is 2. The van der Waals surface area contributed by atoms with Crippen molar-refractivity contribution in [1.82, 2.24) is 4.57 Å². The van der Waals surface area contributed by atoms with Gasteiger partial charge in [0.25, 0.3) is 0 Å². The van der Waals surface area contributed by atoms with E-state index in [0.717, 1.165) is 60.1 Å². The molecule has 1 aromatic carbocycles. The van der Waals surface area contributed by atoms with E-state index in [-0.39, 0.29) is 24.4 Å². The van der Waals surface area contributed by atoms with Crippen LogP contribution in [0.5, 0.6) is 11.5 Å². The Morgan fingerprint density at radius 3 is 2.57 bits per heavy atom. The maximum atomic E-state index is 13.0. The first kappa shape index (κ1) is 18.6. The second-order valence-electron chi connectivity index (χ2n) is 7.68. The smallest absolute Gasteiger partial charge is 0.231 e. The fourth-order valence-electron chi connectivity index (χ4n) is 4.28. The van der Waals surface area contributed by atoms with Crippen LogP contribution >= 0.6 is 0 Å². The van der Waals surface area contributed by atoms with Crippen LogP contribution in [0.4, 0.5) is 0 Å². The molecule has 0 atom stereocenters. The minimum absolute atomic E-state index is 0.0464. The van der Waals surface area contributed by atoms with Crippen molar-refractivity contribution >= 4 is 11.7 Å². The number of aryl methyl sites for hydroxylation is 1. The monoisotopic (exact) mass is 384 g/mol. The molecule has 2 aliphatic heterocycles. The highest BCUT2D eigenvalue weighted by atomic mass is 16.7. The van der Waals surface area contributed by atoms with Gasteiger partial charge in [-0.3, -0.25) is 9.59 Å². The summed E-state index contributed by atoms with van der Waals surface area (Å²) in [5, 5.41) is 0. The minimum atomic E-state index is -0.224. The van der Waals surface area contributed by atoms with Crippen molar-refractivity contribution in [1.29, 1.82) is 0 Å². The van der Waals surface area contributed by atoms with E-state index in [1.165, 1.54) is 4.90 Å². The number of aromatic nitrogens is 1. The predicted molar refractivity (Wildman–Crippen MR) is 103 cm³/mol. The Balaban J connectivity index is 1.51. The number of carbonyl (C=O) groups is 2. The molecule has 0 bridgehead atoms. The number of ketones is 1. The SMILES string of the molecule is Cc1cc(C(=O)C[NH+]2CCC(C(N)=O)CC2)c(C)n1-c1ccc2c(c1)OCO2. The Hall–Kier alpha value is -2.80. The van der Waals surface area contributed by atoms with E-state index in [0.29, 0.717) is 6.54 Å². The summed E-state index contributed by atoms with van der Waals surface area (Å²) >= 11 is 0. The first-order valence-corrected chi connectivity index (χ1v) is 9.69. The molecule has 0 unspecified atom stereocenters. The summed E-state index contributed by atoms with van der Waals surface area (Å²) in [6.07, 6.45) is 1.52. The Morgan fingerprint density at radius 2 is 1.86 bits per heavy atom. The van der Waals surface area contributed by atoms with Crippen molar-refractivity contribution in [2.45, 2.75) is 26.7 Å². The van der Waals surface area contributed by atoms with E-state index < -0.39 is 0 Å². The third-order valence-corrected chi connectivity index (χ3v) is 5.85. The number of nitrogens with two attached hydrogens (primary N) is 1. The number of benzene rings is 1. The molecule has 0 aliphatic carbocycles. The van der Waals surface area contributed by atoms with Crippen LogP contribution in [0.15, 0.2) is 24.3 Å². The van der Waals surface area contributed by atoms with Gasteiger partial charge in [-0.25, -0.2) is 0 Å². The number of Topliss-reactive ketones (excluding diaryl/α,β-unsaturated/α-hetero) is 1. The maximum absolute atomic E-state index is 13.0. The first-order chi connectivity index (χ1) is 13.4. The molecule has 1 saturated heterocycles. The van der Waals surface area contributed by atoms with Crippen LogP contribution in [0, 0.1) is 19.8 Å². The third-order valence-electron chi connectivity index (χ3n) is 5.85. The molecule has 2 aliphatic rings. The number of piperidine rings is 1. The number of nitrogens with one attached hydrogen (secondary N) is 1. The number of primary amides is 1. The largest absolute Gasteiger partial charge is 0.454 e. The first-order valence-electron chi connectivity index (χ1n) is 9.69. The lowest BCUT2D eigenvalue weighted by atomic mass is 9.96. The summed E-state index contributed by atoms with van der Waals surface area (Å²) in [6, 6.07) is 7.76. The molecule has 148 valence electrons. The van der Waals surface area contributed by atoms with Crippen LogP contribution in [0.2, 0.25) is 0 Å². The number of amides is 1. The average Bonchev–Trinajstić information content (AvgIpc) is 3.25. The minimum Gasteiger partial charge on any atom is -0.454 e. The highest BCUT2D eigenvalue weighted by Crippen LogP contribution is 2.34. The van der Waals surface area contributed by atoms with E-state index in [1.807, 2.05) is 38.1 Å². The van der Waals surface area contributed by atoms with Gasteiger partial charge in [-0.1, -0.05) is 0 Å². The standard InChI is InChI=1S/C21H25N3O4/c1-13-9-17(18(25)11-23-7-5-15(6-8-23)21(22)26)14(2)24(13)16-3-4-19-20(10-16)28-12-27-19/h3-4,9-10,15H,5-8,11-12H2,1-2H3,(H2,22,26)/p+1. The van der Waals surface area contributed by atoms with Crippen molar-refractivity contribution in [2.75, 3.05) is 26.4 Å². The zero-order valence-corrected chi connectivity index (χ0v) is 16.3. The van der Waals surface area contributed by atoms with Crippen LogP contribution in [0.3, 0.4) is 0 Å². The lowest BCUT2D eigenvalue weighted by Gasteiger charge is -2.27. The zero-order chi connectivity index (χ0) is 19.8. The molecule has 0 saturated carbocycles. The highest BCUT2D eigenvalue weighted by Gasteiger charge is 2.28. The fourth-order valence-corrected chi connectivity index (χ4v) is 4.28. The van der Waals surface area contributed by atoms with Gasteiger partial charge in [-0.15, -0.1) is 0 Å². The van der Waals surface area contributed by atoms with Crippen molar-refractivity contribution < 1.29 is 24.0 Å². The predicted octanol–water partition coefficient (Wildman–Crippen LogP) is 0.786. The van der Waals surface area contributed by atoms with E-state index >= 15 is 0 Å². The summed E-state index contributed by atoms with van der Waals surface area (Å²) in [4.78, 5) is 25.5. The molecule has 3 N–H and O–H groups in total. The number of quaternary nitrogens is 1. The van der Waals surface area contributed by atoms with Gasteiger partial charge in [0.1, 0.15) is 6.54 Å². The van der Waals surface area contributed by atoms with Crippen LogP contribution < -0.4 is 20.1 Å². The topological polar surface area (TPSA) is 88.0 Å². The quantitative estimate of drug-likeness (QED) is 0.746. The summed E-state index contributed by atoms with van der Waals surface area (Å²) < 4.78 is 12.9. The van der Waals surface area contributed by atoms with Gasteiger partial charge in [-0.05, 0) is 32.0 Å². The van der Waals surface area contributed by atoms with Crippen molar-refractivity contribution in [3.8, 4) is 17.2 Å². The number of rotatable bonds is 5. The van der Waals surface area contributed by atoms with Gasteiger partial charge < -0.3 is 24.7 Å². The molecular weight excluding hydrogens is 358 g/mol. The Bertz CT molecular complexity index is 926. The van der Waals surface area contributed by atoms with Gasteiger partial charge >= 0.3 is 0 Å². The lowest BCUT2D eigenvalue weighted by Crippen LogP contribution is -3.14. The molecule has 7 heteroatoms.